The number of nitrogens with two attached hydrogens (primary N) is 1. The number of rotatable bonds is 2. The van der Waals surface area contributed by atoms with Crippen LogP contribution < -0.4 is 15.8 Å². The molecule has 6 nitrogen and oxygen atoms in total. The first-order valence-electron chi connectivity index (χ1n) is 9.91. The molecule has 1 aromatic carbocycles. The van der Waals surface area contributed by atoms with E-state index in [0.717, 1.165) is 0 Å². The number of aryl methyl sites for hydroxylation is 1. The van der Waals surface area contributed by atoms with Gasteiger partial charge in [0.1, 0.15) is 11.4 Å². The van der Waals surface area contributed by atoms with E-state index in [-0.39, 0.29) is 5.41 Å². The van der Waals surface area contributed by atoms with E-state index in [2.05, 4.69) is 48.1 Å². The highest BCUT2D eigenvalue weighted by molar-refractivity contribution is 6.06. The average molecular weight is 399 g/mol. The van der Waals surface area contributed by atoms with E-state index in [4.69, 9.17) is 10.5 Å². The Labute approximate surface area is 174 Å². The molecule has 0 unspecified atom stereocenters. The fourth-order valence-electron chi connectivity index (χ4n) is 2.30. The number of amides is 1. The second kappa shape index (κ2) is 9.60. The lowest BCUT2D eigenvalue weighted by Gasteiger charge is -2.23. The van der Waals surface area contributed by atoms with Gasteiger partial charge in [0.05, 0.1) is 22.6 Å². The summed E-state index contributed by atoms with van der Waals surface area (Å²) in [6, 6.07) is 3.50. The number of ether oxygens (including phenoxy) is 1. The average Bonchev–Trinajstić information content (AvgIpc) is 2.59. The van der Waals surface area contributed by atoms with Gasteiger partial charge in [0.15, 0.2) is 0 Å². The zero-order valence-electron chi connectivity index (χ0n) is 19.2. The van der Waals surface area contributed by atoms with Crippen molar-refractivity contribution >= 4 is 28.2 Å². The fourth-order valence-corrected chi connectivity index (χ4v) is 2.30. The van der Waals surface area contributed by atoms with E-state index in [9.17, 15) is 4.79 Å². The van der Waals surface area contributed by atoms with Gasteiger partial charge in [0.25, 0.3) is 5.91 Å². The third kappa shape index (κ3) is 7.61. The largest absolute Gasteiger partial charge is 0.486 e. The van der Waals surface area contributed by atoms with Crippen LogP contribution in [0, 0.1) is 24.2 Å². The Hall–Kier alpha value is -2.81. The molecule has 0 aliphatic heterocycles. The van der Waals surface area contributed by atoms with Crippen molar-refractivity contribution in [1.29, 1.82) is 0 Å². The minimum Gasteiger partial charge on any atom is -0.486 e. The number of nitrogens with zero attached hydrogens (tertiary/aromatic N) is 2. The maximum Gasteiger partial charge on any atom is 0.300 e. The zero-order valence-corrected chi connectivity index (χ0v) is 19.2. The van der Waals surface area contributed by atoms with E-state index in [0.29, 0.717) is 40.1 Å². The maximum absolute atomic E-state index is 12.3. The van der Waals surface area contributed by atoms with Crippen LogP contribution in [0.3, 0.4) is 0 Å². The van der Waals surface area contributed by atoms with Gasteiger partial charge in [-0.3, -0.25) is 4.79 Å². The van der Waals surface area contributed by atoms with E-state index in [1.165, 1.54) is 0 Å². The number of fused-ring (bicyclic) bond motifs is 1. The van der Waals surface area contributed by atoms with Gasteiger partial charge in [-0.15, -0.1) is 5.10 Å². The molecule has 0 saturated heterocycles. The molecule has 0 bridgehead atoms. The van der Waals surface area contributed by atoms with Crippen LogP contribution >= 0.6 is 0 Å². The number of nitrogens with one attached hydrogen (secondary N) is 1. The lowest BCUT2D eigenvalue weighted by molar-refractivity contribution is -0.111. The Morgan fingerprint density at radius 3 is 2.31 bits per heavy atom. The first-order chi connectivity index (χ1) is 13.4. The standard InChI is InChI=1S/C21H28N4O2.C2H6/c1-13-19(22)14-11-16(23-18(26)9-8-10-20(2,3)4)17(27-21(5,6)7)12-15(14)25-24-13;1-2/h11-12H,10H2,1-7H3,(H2,22,25)(H,23,26);1-2H3. The first-order valence-corrected chi connectivity index (χ1v) is 9.91. The van der Waals surface area contributed by atoms with Crippen LogP contribution in [0.4, 0.5) is 11.4 Å². The minimum atomic E-state index is -0.450. The van der Waals surface area contributed by atoms with Crippen molar-refractivity contribution in [3.63, 3.8) is 0 Å². The lowest BCUT2D eigenvalue weighted by atomic mass is 9.93. The smallest absolute Gasteiger partial charge is 0.300 e. The van der Waals surface area contributed by atoms with Gasteiger partial charge in [0, 0.05) is 17.9 Å². The number of aromatic nitrogens is 2. The molecule has 6 heteroatoms. The summed E-state index contributed by atoms with van der Waals surface area (Å²) < 4.78 is 6.00. The summed E-state index contributed by atoms with van der Waals surface area (Å²) in [5.41, 5.74) is 8.00. The quantitative estimate of drug-likeness (QED) is 0.687. The summed E-state index contributed by atoms with van der Waals surface area (Å²) in [7, 11) is 0. The maximum atomic E-state index is 12.3. The number of anilines is 2. The molecule has 29 heavy (non-hydrogen) atoms. The number of benzene rings is 1. The molecular weight excluding hydrogens is 364 g/mol. The van der Waals surface area contributed by atoms with Crippen molar-refractivity contribution in [2.45, 2.75) is 74.3 Å². The Morgan fingerprint density at radius 2 is 1.76 bits per heavy atom. The highest BCUT2D eigenvalue weighted by atomic mass is 16.5. The Bertz CT molecular complexity index is 926. The second-order valence-electron chi connectivity index (χ2n) is 8.77. The molecular formula is C23H34N4O2. The lowest BCUT2D eigenvalue weighted by Crippen LogP contribution is -2.24. The highest BCUT2D eigenvalue weighted by Gasteiger charge is 2.18. The predicted octanol–water partition coefficient (Wildman–Crippen LogP) is 5.10. The van der Waals surface area contributed by atoms with Gasteiger partial charge in [-0.05, 0) is 45.1 Å². The van der Waals surface area contributed by atoms with Crippen LogP contribution in [-0.4, -0.2) is 21.7 Å². The molecule has 1 amide bonds. The Balaban J connectivity index is 0.00000204. The van der Waals surface area contributed by atoms with Crippen LogP contribution in [0.5, 0.6) is 5.75 Å². The van der Waals surface area contributed by atoms with Crippen LogP contribution in [0.2, 0.25) is 0 Å². The molecule has 0 aliphatic carbocycles. The van der Waals surface area contributed by atoms with Crippen molar-refractivity contribution in [3.05, 3.63) is 17.8 Å². The highest BCUT2D eigenvalue weighted by Crippen LogP contribution is 2.34. The van der Waals surface area contributed by atoms with Crippen molar-refractivity contribution in [3.8, 4) is 17.6 Å². The molecule has 0 atom stereocenters. The number of hydrogen-bond donors (Lipinski definition) is 2. The minimum absolute atomic E-state index is 0.0430. The molecule has 158 valence electrons. The van der Waals surface area contributed by atoms with Gasteiger partial charge < -0.3 is 15.8 Å². The van der Waals surface area contributed by atoms with Crippen molar-refractivity contribution < 1.29 is 9.53 Å². The predicted molar refractivity (Wildman–Crippen MR) is 121 cm³/mol. The molecule has 0 saturated carbocycles. The molecule has 3 N–H and O–H groups in total. The molecule has 0 aliphatic rings. The van der Waals surface area contributed by atoms with Crippen molar-refractivity contribution in [2.24, 2.45) is 5.41 Å². The van der Waals surface area contributed by atoms with Crippen molar-refractivity contribution in [1.82, 2.24) is 10.2 Å². The van der Waals surface area contributed by atoms with Crippen molar-refractivity contribution in [2.75, 3.05) is 11.1 Å². The van der Waals surface area contributed by atoms with E-state index < -0.39 is 11.5 Å². The van der Waals surface area contributed by atoms with E-state index >= 15 is 0 Å². The van der Waals surface area contributed by atoms with Gasteiger partial charge >= 0.3 is 0 Å². The summed E-state index contributed by atoms with van der Waals surface area (Å²) in [5.74, 6) is 5.66. The van der Waals surface area contributed by atoms with Gasteiger partial charge in [-0.2, -0.15) is 5.10 Å². The molecule has 1 aromatic heterocycles. The monoisotopic (exact) mass is 398 g/mol. The van der Waals surface area contributed by atoms with E-state index in [1.807, 2.05) is 34.6 Å². The second-order valence-corrected chi connectivity index (χ2v) is 8.77. The molecule has 0 spiro atoms. The summed E-state index contributed by atoms with van der Waals surface area (Å²) in [6.07, 6.45) is 0.630. The Kier molecular flexibility index (Phi) is 8.02. The molecule has 1 heterocycles. The number of nitrogen functional groups attached to an aromatic ring is 1. The molecule has 2 aromatic rings. The van der Waals surface area contributed by atoms with Gasteiger partial charge in [0.2, 0.25) is 0 Å². The van der Waals surface area contributed by atoms with Gasteiger partial charge in [-0.1, -0.05) is 40.5 Å². The van der Waals surface area contributed by atoms with Gasteiger partial charge in [-0.25, -0.2) is 0 Å². The van der Waals surface area contributed by atoms with Crippen LogP contribution in [0.25, 0.3) is 10.9 Å². The summed E-state index contributed by atoms with van der Waals surface area (Å²) in [4.78, 5) is 12.3. The van der Waals surface area contributed by atoms with E-state index in [1.54, 1.807) is 19.1 Å². The topological polar surface area (TPSA) is 90.1 Å². The summed E-state index contributed by atoms with van der Waals surface area (Å²) in [6.45, 7) is 17.8. The van der Waals surface area contributed by atoms with Crippen LogP contribution in [0.15, 0.2) is 12.1 Å². The molecule has 0 radical (unpaired) electrons. The number of carbonyl (C=O) groups is 1. The van der Waals surface area contributed by atoms with Crippen LogP contribution in [-0.2, 0) is 4.79 Å². The van der Waals surface area contributed by atoms with Crippen LogP contribution in [0.1, 0.15) is 67.5 Å². The normalized spacial score (nSPS) is 11.1. The Morgan fingerprint density at radius 1 is 1.14 bits per heavy atom. The molecule has 0 fully saturated rings. The third-order valence-corrected chi connectivity index (χ3v) is 3.57. The summed E-state index contributed by atoms with van der Waals surface area (Å²) in [5, 5.41) is 11.8. The third-order valence-electron chi connectivity index (χ3n) is 3.57. The fraction of sp³-hybridized carbons (Fsp3) is 0.522. The number of hydrogen-bond acceptors (Lipinski definition) is 5. The SMILES string of the molecule is CC.Cc1nnc2cc(OC(C)(C)C)c(NC(=O)C#CCC(C)(C)C)cc2c1N. The zero-order chi connectivity index (χ0) is 22.4. The number of carbonyl (C=O) groups excluding carboxylic acids is 1. The summed E-state index contributed by atoms with van der Waals surface area (Å²) >= 11 is 0. The first kappa shape index (κ1) is 24.2. The molecule has 2 rings (SSSR count).